The molecule has 0 amide bonds. The highest BCUT2D eigenvalue weighted by molar-refractivity contribution is 5.08. The number of hydrogen-bond donors (Lipinski definition) is 1. The van der Waals surface area contributed by atoms with Crippen LogP contribution in [0.5, 0.6) is 0 Å². The molecule has 0 aromatic carbocycles. The summed E-state index contributed by atoms with van der Waals surface area (Å²) in [5.41, 5.74) is 5.70. The van der Waals surface area contributed by atoms with E-state index in [2.05, 4.69) is 10.1 Å². The number of ether oxygens (including phenoxy) is 2. The van der Waals surface area contributed by atoms with Gasteiger partial charge < -0.3 is 19.7 Å². The van der Waals surface area contributed by atoms with Gasteiger partial charge in [-0.2, -0.15) is 4.98 Å². The lowest BCUT2D eigenvalue weighted by molar-refractivity contribution is -0.0941. The SMILES string of the molecule is CC(N)(c1nc(C2COCCO2)no1)C1CC1. The van der Waals surface area contributed by atoms with Crippen molar-refractivity contribution >= 4 is 0 Å². The maximum Gasteiger partial charge on any atom is 0.246 e. The molecule has 1 aromatic rings. The van der Waals surface area contributed by atoms with Crippen LogP contribution in [0.2, 0.25) is 0 Å². The molecule has 2 fully saturated rings. The molecule has 2 unspecified atom stereocenters. The van der Waals surface area contributed by atoms with Crippen LogP contribution in [0.4, 0.5) is 0 Å². The van der Waals surface area contributed by atoms with Gasteiger partial charge in [0.1, 0.15) is 6.10 Å². The third-order valence-corrected chi connectivity index (χ3v) is 3.43. The normalized spacial score (nSPS) is 28.9. The van der Waals surface area contributed by atoms with E-state index < -0.39 is 5.54 Å². The summed E-state index contributed by atoms with van der Waals surface area (Å²) in [4.78, 5) is 4.36. The highest BCUT2D eigenvalue weighted by Crippen LogP contribution is 2.43. The Hall–Kier alpha value is -0.980. The van der Waals surface area contributed by atoms with Crippen LogP contribution in [0.1, 0.15) is 37.6 Å². The third kappa shape index (κ3) is 2.08. The highest BCUT2D eigenvalue weighted by Gasteiger charge is 2.44. The van der Waals surface area contributed by atoms with Crippen LogP contribution in [0, 0.1) is 5.92 Å². The van der Waals surface area contributed by atoms with Crippen LogP contribution in [0.3, 0.4) is 0 Å². The van der Waals surface area contributed by atoms with Gasteiger partial charge in [-0.3, -0.25) is 0 Å². The van der Waals surface area contributed by atoms with Crippen LogP contribution in [-0.4, -0.2) is 30.0 Å². The van der Waals surface area contributed by atoms with Gasteiger partial charge in [0, 0.05) is 0 Å². The van der Waals surface area contributed by atoms with Gasteiger partial charge in [0.15, 0.2) is 0 Å². The zero-order valence-corrected chi connectivity index (χ0v) is 9.89. The Labute approximate surface area is 99.5 Å². The summed E-state index contributed by atoms with van der Waals surface area (Å²) >= 11 is 0. The zero-order chi connectivity index (χ0) is 11.9. The largest absolute Gasteiger partial charge is 0.376 e. The lowest BCUT2D eigenvalue weighted by Gasteiger charge is -2.20. The molecule has 0 bridgehead atoms. The molecule has 0 spiro atoms. The lowest BCUT2D eigenvalue weighted by Crippen LogP contribution is -2.36. The van der Waals surface area contributed by atoms with Crippen LogP contribution in [-0.2, 0) is 15.0 Å². The molecule has 2 atom stereocenters. The molecule has 2 aliphatic rings. The number of nitrogens with zero attached hydrogens (tertiary/aromatic N) is 2. The Balaban J connectivity index is 1.77. The number of rotatable bonds is 3. The second-order valence-corrected chi connectivity index (χ2v) is 4.95. The number of nitrogens with two attached hydrogens (primary N) is 1. The van der Waals surface area contributed by atoms with Crippen molar-refractivity contribution in [1.82, 2.24) is 10.1 Å². The molecule has 3 rings (SSSR count). The molecular formula is C11H17N3O3. The Morgan fingerprint density at radius 3 is 2.82 bits per heavy atom. The average Bonchev–Trinajstić information content (AvgIpc) is 3.08. The van der Waals surface area contributed by atoms with Gasteiger partial charge in [0.05, 0.1) is 25.4 Å². The van der Waals surface area contributed by atoms with Crippen molar-refractivity contribution < 1.29 is 14.0 Å². The van der Waals surface area contributed by atoms with Crippen LogP contribution >= 0.6 is 0 Å². The van der Waals surface area contributed by atoms with Gasteiger partial charge in [-0.15, -0.1) is 0 Å². The molecular weight excluding hydrogens is 222 g/mol. The molecule has 1 saturated carbocycles. The van der Waals surface area contributed by atoms with Crippen LogP contribution in [0.25, 0.3) is 0 Å². The maximum absolute atomic E-state index is 6.22. The summed E-state index contributed by atoms with van der Waals surface area (Å²) in [6.07, 6.45) is 2.04. The van der Waals surface area contributed by atoms with E-state index in [1.807, 2.05) is 6.92 Å². The lowest BCUT2D eigenvalue weighted by atomic mass is 9.97. The highest BCUT2D eigenvalue weighted by atomic mass is 16.6. The van der Waals surface area contributed by atoms with Crippen molar-refractivity contribution in [2.75, 3.05) is 19.8 Å². The molecule has 6 heteroatoms. The topological polar surface area (TPSA) is 83.4 Å². The number of hydrogen-bond acceptors (Lipinski definition) is 6. The van der Waals surface area contributed by atoms with E-state index >= 15 is 0 Å². The Kier molecular flexibility index (Phi) is 2.65. The second kappa shape index (κ2) is 4.04. The van der Waals surface area contributed by atoms with Gasteiger partial charge in [0.2, 0.25) is 11.7 Å². The monoisotopic (exact) mass is 239 g/mol. The fourth-order valence-electron chi connectivity index (χ4n) is 2.08. The van der Waals surface area contributed by atoms with Crippen LogP contribution < -0.4 is 5.73 Å². The quantitative estimate of drug-likeness (QED) is 0.837. The molecule has 2 heterocycles. The van der Waals surface area contributed by atoms with Crippen molar-refractivity contribution in [3.8, 4) is 0 Å². The van der Waals surface area contributed by atoms with Gasteiger partial charge in [0.25, 0.3) is 0 Å². The molecule has 0 radical (unpaired) electrons. The standard InChI is InChI=1S/C11H17N3O3/c1-11(12,7-2-3-7)10-13-9(14-17-10)8-6-15-4-5-16-8/h7-8H,2-6,12H2,1H3. The summed E-state index contributed by atoms with van der Waals surface area (Å²) in [6.45, 7) is 3.61. The summed E-state index contributed by atoms with van der Waals surface area (Å²) in [7, 11) is 0. The minimum absolute atomic E-state index is 0.226. The van der Waals surface area contributed by atoms with E-state index in [0.717, 1.165) is 12.8 Å². The average molecular weight is 239 g/mol. The van der Waals surface area contributed by atoms with Gasteiger partial charge in [-0.05, 0) is 25.7 Å². The first-order valence-electron chi connectivity index (χ1n) is 6.00. The first kappa shape index (κ1) is 11.1. The fraction of sp³-hybridized carbons (Fsp3) is 0.818. The molecule has 1 aliphatic carbocycles. The van der Waals surface area contributed by atoms with Crippen LogP contribution in [0.15, 0.2) is 4.52 Å². The molecule has 2 N–H and O–H groups in total. The third-order valence-electron chi connectivity index (χ3n) is 3.43. The zero-order valence-electron chi connectivity index (χ0n) is 9.89. The van der Waals surface area contributed by atoms with E-state index in [1.54, 1.807) is 0 Å². The minimum Gasteiger partial charge on any atom is -0.376 e. The van der Waals surface area contributed by atoms with Crippen molar-refractivity contribution in [2.45, 2.75) is 31.4 Å². The predicted octanol–water partition coefficient (Wildman–Crippen LogP) is 0.741. The smallest absolute Gasteiger partial charge is 0.246 e. The van der Waals surface area contributed by atoms with E-state index in [0.29, 0.717) is 37.5 Å². The summed E-state index contributed by atoms with van der Waals surface area (Å²) in [5, 5.41) is 3.95. The molecule has 1 aromatic heterocycles. The second-order valence-electron chi connectivity index (χ2n) is 4.95. The molecule has 1 saturated heterocycles. The van der Waals surface area contributed by atoms with Gasteiger partial charge >= 0.3 is 0 Å². The van der Waals surface area contributed by atoms with E-state index in [4.69, 9.17) is 19.7 Å². The van der Waals surface area contributed by atoms with E-state index in [-0.39, 0.29) is 6.10 Å². The van der Waals surface area contributed by atoms with Gasteiger partial charge in [-0.1, -0.05) is 5.16 Å². The minimum atomic E-state index is -0.513. The molecule has 17 heavy (non-hydrogen) atoms. The molecule has 6 nitrogen and oxygen atoms in total. The van der Waals surface area contributed by atoms with Crippen molar-refractivity contribution in [1.29, 1.82) is 0 Å². The Morgan fingerprint density at radius 1 is 1.35 bits per heavy atom. The van der Waals surface area contributed by atoms with E-state index in [1.165, 1.54) is 0 Å². The van der Waals surface area contributed by atoms with Crippen molar-refractivity contribution in [3.05, 3.63) is 11.7 Å². The van der Waals surface area contributed by atoms with Crippen molar-refractivity contribution in [2.24, 2.45) is 11.7 Å². The Morgan fingerprint density at radius 2 is 2.18 bits per heavy atom. The summed E-state index contributed by atoms with van der Waals surface area (Å²) < 4.78 is 16.1. The van der Waals surface area contributed by atoms with Gasteiger partial charge in [-0.25, -0.2) is 0 Å². The van der Waals surface area contributed by atoms with Crippen molar-refractivity contribution in [3.63, 3.8) is 0 Å². The first-order valence-corrected chi connectivity index (χ1v) is 6.00. The molecule has 94 valence electrons. The summed E-state index contributed by atoms with van der Waals surface area (Å²) in [6, 6.07) is 0. The fourth-order valence-corrected chi connectivity index (χ4v) is 2.08. The maximum atomic E-state index is 6.22. The first-order chi connectivity index (χ1) is 8.18. The Bertz CT molecular complexity index is 394. The number of aromatic nitrogens is 2. The summed E-state index contributed by atoms with van der Waals surface area (Å²) in [5.74, 6) is 1.50. The molecule has 1 aliphatic heterocycles. The predicted molar refractivity (Wildman–Crippen MR) is 58.1 cm³/mol. The van der Waals surface area contributed by atoms with E-state index in [9.17, 15) is 0 Å².